The van der Waals surface area contributed by atoms with Crippen molar-refractivity contribution in [2.24, 2.45) is 5.73 Å². The average Bonchev–Trinajstić information content (AvgIpc) is 2.77. The van der Waals surface area contributed by atoms with Crippen molar-refractivity contribution in [2.75, 3.05) is 39.4 Å². The number of nitrogens with one attached hydrogen (secondary N) is 2. The number of halogens is 1. The first kappa shape index (κ1) is 33.8. The number of hydrogen-bond donors (Lipinski definition) is 3. The molecule has 0 rings (SSSR count). The van der Waals surface area contributed by atoms with E-state index < -0.39 is 0 Å². The summed E-state index contributed by atoms with van der Waals surface area (Å²) in [5, 5.41) is 6.33. The summed E-state index contributed by atoms with van der Waals surface area (Å²) in [4.78, 5) is 11.6. The molecule has 194 valence electrons. The third-order valence-electron chi connectivity index (χ3n) is 5.80. The molecule has 0 fully saturated rings. The monoisotopic (exact) mass is 477 g/mol. The second-order valence-electron chi connectivity index (χ2n) is 8.91. The van der Waals surface area contributed by atoms with Crippen LogP contribution >= 0.6 is 12.4 Å². The van der Waals surface area contributed by atoms with Crippen molar-refractivity contribution < 1.29 is 9.53 Å². The highest BCUT2D eigenvalue weighted by Gasteiger charge is 2.00. The summed E-state index contributed by atoms with van der Waals surface area (Å²) in [5.41, 5.74) is 5.34. The lowest BCUT2D eigenvalue weighted by molar-refractivity contribution is -0.121. The minimum Gasteiger partial charge on any atom is -0.378 e. The molecule has 0 bridgehead atoms. The molecule has 1 amide bonds. The summed E-state index contributed by atoms with van der Waals surface area (Å²) in [6.07, 6.45) is 24.0. The van der Waals surface area contributed by atoms with Gasteiger partial charge in [-0.2, -0.15) is 0 Å². The van der Waals surface area contributed by atoms with Crippen LogP contribution in [0.2, 0.25) is 0 Å². The van der Waals surface area contributed by atoms with Gasteiger partial charge in [0.25, 0.3) is 0 Å². The van der Waals surface area contributed by atoms with E-state index in [2.05, 4.69) is 17.6 Å². The number of nitrogens with two attached hydrogens (primary N) is 1. The Morgan fingerprint density at radius 1 is 0.656 bits per heavy atom. The summed E-state index contributed by atoms with van der Waals surface area (Å²) in [6, 6.07) is 0. The van der Waals surface area contributed by atoms with Gasteiger partial charge in [0, 0.05) is 19.5 Å². The zero-order chi connectivity index (χ0) is 22.7. The van der Waals surface area contributed by atoms with Crippen LogP contribution in [-0.2, 0) is 9.53 Å². The molecule has 0 unspecified atom stereocenters. The molecule has 0 aliphatic heterocycles. The SMILES string of the molecule is CCCCCCCCCCCCCCCCCCNCCCC(=O)NCCOCCN.Cl. The van der Waals surface area contributed by atoms with Crippen LogP contribution in [0.1, 0.15) is 122 Å². The molecule has 0 aliphatic rings. The van der Waals surface area contributed by atoms with Crippen LogP contribution in [0, 0.1) is 0 Å². The van der Waals surface area contributed by atoms with Crippen LogP contribution in [-0.4, -0.2) is 45.3 Å². The smallest absolute Gasteiger partial charge is 0.220 e. The first-order chi connectivity index (χ1) is 15.3. The standard InChI is InChI=1S/C26H55N3O2.ClH/c1-2-3-4-5-6-7-8-9-10-11-12-13-14-15-16-17-21-28-22-18-19-26(30)29-23-25-31-24-20-27;/h28H,2-25,27H2,1H3,(H,29,30);1H. The van der Waals surface area contributed by atoms with Crippen LogP contribution in [0.15, 0.2) is 0 Å². The van der Waals surface area contributed by atoms with Crippen LogP contribution in [0.25, 0.3) is 0 Å². The van der Waals surface area contributed by atoms with E-state index in [4.69, 9.17) is 10.5 Å². The minimum atomic E-state index is 0. The summed E-state index contributed by atoms with van der Waals surface area (Å²) in [7, 11) is 0. The molecular formula is C26H56ClN3O2. The van der Waals surface area contributed by atoms with E-state index >= 15 is 0 Å². The van der Waals surface area contributed by atoms with Crippen LogP contribution in [0.4, 0.5) is 0 Å². The van der Waals surface area contributed by atoms with Crippen LogP contribution in [0.5, 0.6) is 0 Å². The fraction of sp³-hybridized carbons (Fsp3) is 0.962. The van der Waals surface area contributed by atoms with E-state index in [-0.39, 0.29) is 18.3 Å². The highest BCUT2D eigenvalue weighted by Crippen LogP contribution is 2.13. The molecule has 0 spiro atoms. The second kappa shape index (κ2) is 30.6. The van der Waals surface area contributed by atoms with Gasteiger partial charge in [0.15, 0.2) is 0 Å². The molecule has 0 aromatic heterocycles. The van der Waals surface area contributed by atoms with E-state index in [1.54, 1.807) is 0 Å². The first-order valence-corrected chi connectivity index (χ1v) is 13.6. The fourth-order valence-electron chi connectivity index (χ4n) is 3.83. The molecule has 32 heavy (non-hydrogen) atoms. The fourth-order valence-corrected chi connectivity index (χ4v) is 3.83. The number of rotatable bonds is 26. The molecule has 0 aromatic carbocycles. The highest BCUT2D eigenvalue weighted by atomic mass is 35.5. The number of carbonyl (C=O) groups excluding carboxylic acids is 1. The lowest BCUT2D eigenvalue weighted by atomic mass is 10.0. The quantitative estimate of drug-likeness (QED) is 0.131. The predicted octanol–water partition coefficient (Wildman–Crippen LogP) is 6.13. The van der Waals surface area contributed by atoms with E-state index in [1.165, 1.54) is 103 Å². The summed E-state index contributed by atoms with van der Waals surface area (Å²) in [5.74, 6) is 0.112. The number of ether oxygens (including phenoxy) is 1. The van der Waals surface area contributed by atoms with Crippen molar-refractivity contribution in [3.8, 4) is 0 Å². The minimum absolute atomic E-state index is 0. The molecular weight excluding hydrogens is 422 g/mol. The first-order valence-electron chi connectivity index (χ1n) is 13.6. The van der Waals surface area contributed by atoms with Crippen LogP contribution in [0.3, 0.4) is 0 Å². The average molecular weight is 478 g/mol. The molecule has 5 nitrogen and oxygen atoms in total. The van der Waals surface area contributed by atoms with Gasteiger partial charge < -0.3 is 21.1 Å². The Labute approximate surface area is 206 Å². The molecule has 0 saturated heterocycles. The molecule has 0 aliphatic carbocycles. The van der Waals surface area contributed by atoms with Gasteiger partial charge in [-0.15, -0.1) is 12.4 Å². The maximum Gasteiger partial charge on any atom is 0.220 e. The van der Waals surface area contributed by atoms with Gasteiger partial charge >= 0.3 is 0 Å². The Balaban J connectivity index is 0. The van der Waals surface area contributed by atoms with Gasteiger partial charge in [-0.05, 0) is 25.9 Å². The zero-order valence-corrected chi connectivity index (χ0v) is 22.1. The Hall–Kier alpha value is -0.360. The van der Waals surface area contributed by atoms with E-state index in [9.17, 15) is 4.79 Å². The molecule has 6 heteroatoms. The third kappa shape index (κ3) is 29.6. The topological polar surface area (TPSA) is 76.4 Å². The van der Waals surface area contributed by atoms with Gasteiger partial charge in [-0.1, -0.05) is 103 Å². The molecule has 0 atom stereocenters. The Bertz CT molecular complexity index is 360. The van der Waals surface area contributed by atoms with Crippen molar-refractivity contribution in [1.82, 2.24) is 10.6 Å². The molecule has 0 saturated carbocycles. The summed E-state index contributed by atoms with van der Waals surface area (Å²) >= 11 is 0. The highest BCUT2D eigenvalue weighted by molar-refractivity contribution is 5.85. The van der Waals surface area contributed by atoms with Gasteiger partial charge in [-0.25, -0.2) is 0 Å². The predicted molar refractivity (Wildman–Crippen MR) is 142 cm³/mol. The second-order valence-corrected chi connectivity index (χ2v) is 8.91. The van der Waals surface area contributed by atoms with Gasteiger partial charge in [-0.3, -0.25) is 4.79 Å². The van der Waals surface area contributed by atoms with Crippen molar-refractivity contribution >= 4 is 18.3 Å². The van der Waals surface area contributed by atoms with E-state index in [0.29, 0.717) is 32.7 Å². The molecule has 4 N–H and O–H groups in total. The molecule has 0 heterocycles. The number of amides is 1. The molecule has 0 aromatic rings. The van der Waals surface area contributed by atoms with Gasteiger partial charge in [0.05, 0.1) is 13.2 Å². The van der Waals surface area contributed by atoms with E-state index in [0.717, 1.165) is 19.5 Å². The maximum atomic E-state index is 11.6. The summed E-state index contributed by atoms with van der Waals surface area (Å²) < 4.78 is 5.23. The Morgan fingerprint density at radius 3 is 1.62 bits per heavy atom. The Morgan fingerprint density at radius 2 is 1.12 bits per heavy atom. The largest absolute Gasteiger partial charge is 0.378 e. The van der Waals surface area contributed by atoms with Crippen LogP contribution < -0.4 is 16.4 Å². The Kier molecular flexibility index (Phi) is 32.4. The van der Waals surface area contributed by atoms with Crippen molar-refractivity contribution in [3.63, 3.8) is 0 Å². The third-order valence-corrected chi connectivity index (χ3v) is 5.80. The molecule has 0 radical (unpaired) electrons. The number of hydrogen-bond acceptors (Lipinski definition) is 4. The van der Waals surface area contributed by atoms with Crippen molar-refractivity contribution in [3.05, 3.63) is 0 Å². The zero-order valence-electron chi connectivity index (χ0n) is 21.3. The van der Waals surface area contributed by atoms with E-state index in [1.807, 2.05) is 0 Å². The number of unbranched alkanes of at least 4 members (excludes halogenated alkanes) is 15. The number of carbonyl (C=O) groups is 1. The maximum absolute atomic E-state index is 11.6. The van der Waals surface area contributed by atoms with Gasteiger partial charge in [0.1, 0.15) is 0 Å². The lowest BCUT2D eigenvalue weighted by Crippen LogP contribution is -2.28. The lowest BCUT2D eigenvalue weighted by Gasteiger charge is -2.07. The summed E-state index contributed by atoms with van der Waals surface area (Å²) in [6.45, 7) is 6.49. The van der Waals surface area contributed by atoms with Crippen molar-refractivity contribution in [2.45, 2.75) is 122 Å². The normalized spacial score (nSPS) is 10.8. The van der Waals surface area contributed by atoms with Crippen molar-refractivity contribution in [1.29, 1.82) is 0 Å². The van der Waals surface area contributed by atoms with Gasteiger partial charge in [0.2, 0.25) is 5.91 Å².